The zero-order valence-corrected chi connectivity index (χ0v) is 11.8. The van der Waals surface area contributed by atoms with Gasteiger partial charge in [-0.15, -0.1) is 11.8 Å². The Labute approximate surface area is 115 Å². The number of ether oxygens (including phenoxy) is 2. The molecule has 0 bridgehead atoms. The second-order valence-electron chi connectivity index (χ2n) is 4.22. The van der Waals surface area contributed by atoms with Crippen molar-refractivity contribution >= 4 is 0 Å². The monoisotopic (exact) mass is 262 g/mol. The van der Waals surface area contributed by atoms with Crippen molar-refractivity contribution in [2.24, 2.45) is 5.84 Å². The summed E-state index contributed by atoms with van der Waals surface area (Å²) in [4.78, 5) is 0. The number of hydrazine groups is 1. The highest BCUT2D eigenvalue weighted by molar-refractivity contribution is 5.43. The summed E-state index contributed by atoms with van der Waals surface area (Å²) in [5.74, 6) is 13.0. The summed E-state index contributed by atoms with van der Waals surface area (Å²) >= 11 is 0. The van der Waals surface area contributed by atoms with Gasteiger partial charge in [0, 0.05) is 12.5 Å². The second kappa shape index (κ2) is 8.41. The van der Waals surface area contributed by atoms with Gasteiger partial charge < -0.3 is 9.47 Å². The molecule has 0 aliphatic carbocycles. The summed E-state index contributed by atoms with van der Waals surface area (Å²) in [7, 11) is 3.27. The van der Waals surface area contributed by atoms with Crippen LogP contribution in [0, 0.1) is 11.8 Å². The molecule has 104 valence electrons. The number of nitrogens with one attached hydrogen (secondary N) is 1. The van der Waals surface area contributed by atoms with Crippen LogP contribution in [0.3, 0.4) is 0 Å². The largest absolute Gasteiger partial charge is 0.493 e. The zero-order chi connectivity index (χ0) is 14.1. The predicted octanol–water partition coefficient (Wildman–Crippen LogP) is 1.88. The number of nitrogens with two attached hydrogens (primary N) is 1. The van der Waals surface area contributed by atoms with E-state index in [0.717, 1.165) is 36.3 Å². The summed E-state index contributed by atoms with van der Waals surface area (Å²) in [5.41, 5.74) is 3.99. The van der Waals surface area contributed by atoms with Crippen molar-refractivity contribution in [1.82, 2.24) is 5.43 Å². The van der Waals surface area contributed by atoms with Crippen LogP contribution >= 0.6 is 0 Å². The van der Waals surface area contributed by atoms with Crippen LogP contribution in [0.25, 0.3) is 0 Å². The van der Waals surface area contributed by atoms with Crippen LogP contribution in [0.5, 0.6) is 11.5 Å². The van der Waals surface area contributed by atoms with Gasteiger partial charge in [0.2, 0.25) is 0 Å². The lowest BCUT2D eigenvalue weighted by molar-refractivity contribution is 0.354. The predicted molar refractivity (Wildman–Crippen MR) is 77.0 cm³/mol. The Morgan fingerprint density at radius 1 is 1.26 bits per heavy atom. The minimum absolute atomic E-state index is 0.207. The highest BCUT2D eigenvalue weighted by atomic mass is 16.5. The molecule has 1 rings (SSSR count). The Bertz CT molecular complexity index is 449. The molecule has 0 fully saturated rings. The van der Waals surface area contributed by atoms with Crippen molar-refractivity contribution in [2.75, 3.05) is 14.2 Å². The van der Waals surface area contributed by atoms with E-state index >= 15 is 0 Å². The van der Waals surface area contributed by atoms with Gasteiger partial charge in [-0.3, -0.25) is 11.3 Å². The Morgan fingerprint density at radius 3 is 2.58 bits per heavy atom. The molecular weight excluding hydrogens is 240 g/mol. The molecule has 3 N–H and O–H groups in total. The van der Waals surface area contributed by atoms with E-state index in [9.17, 15) is 0 Å². The molecule has 0 heterocycles. The average Bonchev–Trinajstić information content (AvgIpc) is 2.46. The van der Waals surface area contributed by atoms with Gasteiger partial charge in [0.1, 0.15) is 0 Å². The fourth-order valence-corrected chi connectivity index (χ4v) is 1.91. The Kier molecular flexibility index (Phi) is 6.80. The standard InChI is InChI=1S/C15H22N2O2/c1-4-5-6-7-13(17-16)10-12-8-9-14(18-2)15(11-12)19-3/h8-9,11,13,17H,6-7,10,16H2,1-3H3. The third-order valence-corrected chi connectivity index (χ3v) is 2.96. The molecule has 1 atom stereocenters. The molecule has 0 aliphatic rings. The lowest BCUT2D eigenvalue weighted by Gasteiger charge is -2.16. The maximum atomic E-state index is 5.58. The van der Waals surface area contributed by atoms with Gasteiger partial charge in [0.15, 0.2) is 11.5 Å². The van der Waals surface area contributed by atoms with Crippen molar-refractivity contribution in [2.45, 2.75) is 32.2 Å². The third-order valence-electron chi connectivity index (χ3n) is 2.96. The average molecular weight is 262 g/mol. The van der Waals surface area contributed by atoms with E-state index < -0.39 is 0 Å². The first-order valence-electron chi connectivity index (χ1n) is 6.31. The quantitative estimate of drug-likeness (QED) is 0.447. The summed E-state index contributed by atoms with van der Waals surface area (Å²) in [6.07, 6.45) is 2.60. The first kappa shape index (κ1) is 15.4. The first-order valence-corrected chi connectivity index (χ1v) is 6.31. The van der Waals surface area contributed by atoms with Gasteiger partial charge in [-0.25, -0.2) is 0 Å². The number of hydrogen-bond donors (Lipinski definition) is 2. The highest BCUT2D eigenvalue weighted by Gasteiger charge is 2.10. The molecule has 0 aromatic heterocycles. The first-order chi connectivity index (χ1) is 9.24. The molecule has 1 unspecified atom stereocenters. The fourth-order valence-electron chi connectivity index (χ4n) is 1.91. The topological polar surface area (TPSA) is 56.5 Å². The lowest BCUT2D eigenvalue weighted by Crippen LogP contribution is -2.36. The van der Waals surface area contributed by atoms with E-state index in [1.807, 2.05) is 25.1 Å². The number of benzene rings is 1. The summed E-state index contributed by atoms with van der Waals surface area (Å²) in [5, 5.41) is 0. The maximum absolute atomic E-state index is 5.58. The molecule has 0 aliphatic heterocycles. The van der Waals surface area contributed by atoms with Crippen molar-refractivity contribution in [3.05, 3.63) is 23.8 Å². The number of hydrogen-bond acceptors (Lipinski definition) is 4. The van der Waals surface area contributed by atoms with Gasteiger partial charge in [-0.2, -0.15) is 0 Å². The van der Waals surface area contributed by atoms with E-state index in [2.05, 4.69) is 17.3 Å². The third kappa shape index (κ3) is 4.82. The summed E-state index contributed by atoms with van der Waals surface area (Å²) < 4.78 is 10.5. The van der Waals surface area contributed by atoms with Crippen molar-refractivity contribution in [3.8, 4) is 23.3 Å². The minimum atomic E-state index is 0.207. The maximum Gasteiger partial charge on any atom is 0.160 e. The minimum Gasteiger partial charge on any atom is -0.493 e. The molecule has 0 saturated heterocycles. The van der Waals surface area contributed by atoms with E-state index in [0.29, 0.717) is 0 Å². The smallest absolute Gasteiger partial charge is 0.160 e. The number of methoxy groups -OCH3 is 2. The zero-order valence-electron chi connectivity index (χ0n) is 11.8. The van der Waals surface area contributed by atoms with Gasteiger partial charge in [-0.05, 0) is 37.5 Å². The van der Waals surface area contributed by atoms with Crippen molar-refractivity contribution in [1.29, 1.82) is 0 Å². The Balaban J connectivity index is 2.70. The van der Waals surface area contributed by atoms with Gasteiger partial charge in [0.25, 0.3) is 0 Å². The molecule has 4 heteroatoms. The van der Waals surface area contributed by atoms with Crippen LogP contribution in [-0.4, -0.2) is 20.3 Å². The highest BCUT2D eigenvalue weighted by Crippen LogP contribution is 2.28. The normalized spacial score (nSPS) is 11.4. The molecule has 19 heavy (non-hydrogen) atoms. The fraction of sp³-hybridized carbons (Fsp3) is 0.467. The Hall–Kier alpha value is -1.70. The molecule has 0 saturated carbocycles. The van der Waals surface area contributed by atoms with E-state index in [1.54, 1.807) is 14.2 Å². The Morgan fingerprint density at radius 2 is 2.00 bits per heavy atom. The van der Waals surface area contributed by atoms with Crippen LogP contribution in [0.15, 0.2) is 18.2 Å². The summed E-state index contributed by atoms with van der Waals surface area (Å²) in [6, 6.07) is 6.12. The molecule has 0 radical (unpaired) electrons. The van der Waals surface area contributed by atoms with E-state index in [4.69, 9.17) is 15.3 Å². The van der Waals surface area contributed by atoms with Crippen molar-refractivity contribution < 1.29 is 9.47 Å². The molecular formula is C15H22N2O2. The second-order valence-corrected chi connectivity index (χ2v) is 4.22. The molecule has 0 spiro atoms. The molecule has 0 amide bonds. The van der Waals surface area contributed by atoms with Crippen LogP contribution < -0.4 is 20.7 Å². The summed E-state index contributed by atoms with van der Waals surface area (Å²) in [6.45, 7) is 1.85. The SMILES string of the molecule is CC#CCCC(Cc1ccc(OC)c(OC)c1)NN. The van der Waals surface area contributed by atoms with Crippen LogP contribution in [0.4, 0.5) is 0 Å². The van der Waals surface area contributed by atoms with Crippen LogP contribution in [0.2, 0.25) is 0 Å². The van der Waals surface area contributed by atoms with Gasteiger partial charge >= 0.3 is 0 Å². The van der Waals surface area contributed by atoms with Crippen LogP contribution in [-0.2, 0) is 6.42 Å². The van der Waals surface area contributed by atoms with Gasteiger partial charge in [0.05, 0.1) is 14.2 Å². The van der Waals surface area contributed by atoms with Crippen LogP contribution in [0.1, 0.15) is 25.3 Å². The van der Waals surface area contributed by atoms with E-state index in [1.165, 1.54) is 0 Å². The van der Waals surface area contributed by atoms with Crippen molar-refractivity contribution in [3.63, 3.8) is 0 Å². The molecule has 1 aromatic carbocycles. The lowest BCUT2D eigenvalue weighted by atomic mass is 10.0. The van der Waals surface area contributed by atoms with E-state index in [-0.39, 0.29) is 6.04 Å². The van der Waals surface area contributed by atoms with Gasteiger partial charge in [-0.1, -0.05) is 6.07 Å². The molecule has 4 nitrogen and oxygen atoms in total. The number of rotatable bonds is 7. The molecule has 1 aromatic rings.